The van der Waals surface area contributed by atoms with Gasteiger partial charge in [-0.25, -0.2) is 0 Å². The van der Waals surface area contributed by atoms with Crippen LogP contribution in [0.25, 0.3) is 0 Å². The van der Waals surface area contributed by atoms with Gasteiger partial charge < -0.3 is 9.88 Å². The van der Waals surface area contributed by atoms with E-state index in [1.165, 1.54) is 17.3 Å². The van der Waals surface area contributed by atoms with E-state index in [0.717, 1.165) is 10.8 Å². The minimum atomic E-state index is -0.0378. The molecule has 0 aliphatic heterocycles. The molecular weight excluding hydrogens is 296 g/mol. The number of hydrogen-bond acceptors (Lipinski definition) is 4. The van der Waals surface area contributed by atoms with E-state index in [1.54, 1.807) is 6.33 Å². The highest BCUT2D eigenvalue weighted by atomic mass is 32.2. The Balaban J connectivity index is 1.93. The molecule has 6 heteroatoms. The zero-order chi connectivity index (χ0) is 16.1. The number of anilines is 1. The van der Waals surface area contributed by atoms with E-state index in [1.807, 2.05) is 22.8 Å². The standard InChI is InChI=1S/C16H22N4OS/c1-11(2)13-6-5-7-14(8-13)18-15(21)9-22-16-19-17-10-20(16)12(3)4/h5-8,10-12H,9H2,1-4H3,(H,18,21). The SMILES string of the molecule is CC(C)c1cccc(NC(=O)CSc2nncn2C(C)C)c1. The molecule has 0 radical (unpaired) electrons. The van der Waals surface area contributed by atoms with Gasteiger partial charge >= 0.3 is 0 Å². The summed E-state index contributed by atoms with van der Waals surface area (Å²) in [5.41, 5.74) is 2.05. The summed E-state index contributed by atoms with van der Waals surface area (Å²) in [5, 5.41) is 11.6. The highest BCUT2D eigenvalue weighted by Crippen LogP contribution is 2.21. The number of carbonyl (C=O) groups excluding carboxylic acids is 1. The third-order valence-corrected chi connectivity index (χ3v) is 4.22. The molecule has 0 saturated heterocycles. The van der Waals surface area contributed by atoms with E-state index in [4.69, 9.17) is 0 Å². The van der Waals surface area contributed by atoms with Gasteiger partial charge in [-0.1, -0.05) is 37.7 Å². The minimum absolute atomic E-state index is 0.0378. The van der Waals surface area contributed by atoms with Gasteiger partial charge in [0, 0.05) is 11.7 Å². The maximum atomic E-state index is 12.1. The fourth-order valence-corrected chi connectivity index (χ4v) is 2.84. The Bertz CT molecular complexity index is 637. The van der Waals surface area contributed by atoms with Gasteiger partial charge in [0.2, 0.25) is 5.91 Å². The van der Waals surface area contributed by atoms with Crippen LogP contribution in [-0.4, -0.2) is 26.4 Å². The summed E-state index contributed by atoms with van der Waals surface area (Å²) in [5.74, 6) is 0.720. The van der Waals surface area contributed by atoms with Crippen molar-refractivity contribution in [2.75, 3.05) is 11.1 Å². The Labute approximate surface area is 135 Å². The van der Waals surface area contributed by atoms with Crippen molar-refractivity contribution in [2.24, 2.45) is 0 Å². The Hall–Kier alpha value is -1.82. The number of hydrogen-bond donors (Lipinski definition) is 1. The van der Waals surface area contributed by atoms with Crippen molar-refractivity contribution in [1.29, 1.82) is 0 Å². The summed E-state index contributed by atoms with van der Waals surface area (Å²) < 4.78 is 1.96. The molecule has 1 aromatic heterocycles. The van der Waals surface area contributed by atoms with Crippen molar-refractivity contribution in [3.63, 3.8) is 0 Å². The normalized spacial score (nSPS) is 11.2. The van der Waals surface area contributed by atoms with Gasteiger partial charge in [0.05, 0.1) is 5.75 Å². The van der Waals surface area contributed by atoms with Gasteiger partial charge in [-0.3, -0.25) is 4.79 Å². The molecule has 0 bridgehead atoms. The van der Waals surface area contributed by atoms with E-state index in [0.29, 0.717) is 11.7 Å². The van der Waals surface area contributed by atoms with Crippen LogP contribution in [0.15, 0.2) is 35.7 Å². The zero-order valence-electron chi connectivity index (χ0n) is 13.4. The predicted octanol–water partition coefficient (Wildman–Crippen LogP) is 3.71. The molecule has 0 saturated carbocycles. The number of amides is 1. The van der Waals surface area contributed by atoms with Crippen molar-refractivity contribution in [1.82, 2.24) is 14.8 Å². The first-order chi connectivity index (χ1) is 10.5. The van der Waals surface area contributed by atoms with Crippen LogP contribution in [0.5, 0.6) is 0 Å². The van der Waals surface area contributed by atoms with Crippen molar-refractivity contribution in [3.8, 4) is 0 Å². The lowest BCUT2D eigenvalue weighted by Crippen LogP contribution is -2.15. The second kappa shape index (κ2) is 7.45. The molecule has 5 nitrogen and oxygen atoms in total. The van der Waals surface area contributed by atoms with Crippen LogP contribution >= 0.6 is 11.8 Å². The molecular formula is C16H22N4OS. The molecule has 1 heterocycles. The number of nitrogens with zero attached hydrogens (tertiary/aromatic N) is 3. The lowest BCUT2D eigenvalue weighted by Gasteiger charge is -2.10. The van der Waals surface area contributed by atoms with Gasteiger partial charge in [0.25, 0.3) is 0 Å². The first kappa shape index (κ1) is 16.5. The number of thioether (sulfide) groups is 1. The molecule has 22 heavy (non-hydrogen) atoms. The number of nitrogens with one attached hydrogen (secondary N) is 1. The topological polar surface area (TPSA) is 59.8 Å². The lowest BCUT2D eigenvalue weighted by atomic mass is 10.0. The minimum Gasteiger partial charge on any atom is -0.325 e. The zero-order valence-corrected chi connectivity index (χ0v) is 14.2. The van der Waals surface area contributed by atoms with Crippen LogP contribution in [0.4, 0.5) is 5.69 Å². The molecule has 1 aromatic carbocycles. The Morgan fingerprint density at radius 2 is 2.09 bits per heavy atom. The summed E-state index contributed by atoms with van der Waals surface area (Å²) in [7, 11) is 0. The van der Waals surface area contributed by atoms with Crippen LogP contribution in [0.1, 0.15) is 45.2 Å². The van der Waals surface area contributed by atoms with Gasteiger partial charge in [0.1, 0.15) is 6.33 Å². The van der Waals surface area contributed by atoms with Crippen molar-refractivity contribution < 1.29 is 4.79 Å². The van der Waals surface area contributed by atoms with E-state index in [2.05, 4.69) is 49.3 Å². The quantitative estimate of drug-likeness (QED) is 0.825. The highest BCUT2D eigenvalue weighted by Gasteiger charge is 2.11. The Morgan fingerprint density at radius 3 is 2.77 bits per heavy atom. The first-order valence-corrected chi connectivity index (χ1v) is 8.38. The summed E-state index contributed by atoms with van der Waals surface area (Å²) in [4.78, 5) is 12.1. The van der Waals surface area contributed by atoms with Crippen molar-refractivity contribution in [2.45, 2.75) is 44.8 Å². The molecule has 0 aliphatic rings. The lowest BCUT2D eigenvalue weighted by molar-refractivity contribution is -0.113. The van der Waals surface area contributed by atoms with Gasteiger partial charge in [-0.15, -0.1) is 10.2 Å². The molecule has 0 spiro atoms. The van der Waals surface area contributed by atoms with Crippen LogP contribution < -0.4 is 5.32 Å². The molecule has 0 aliphatic carbocycles. The predicted molar refractivity (Wildman–Crippen MR) is 90.3 cm³/mol. The molecule has 1 N–H and O–H groups in total. The summed E-state index contributed by atoms with van der Waals surface area (Å²) in [6.07, 6.45) is 1.69. The Morgan fingerprint density at radius 1 is 1.32 bits per heavy atom. The second-order valence-corrected chi connectivity index (χ2v) is 6.67. The molecule has 1 amide bonds. The number of aromatic nitrogens is 3. The third-order valence-electron chi connectivity index (χ3n) is 3.27. The van der Waals surface area contributed by atoms with Gasteiger partial charge in [0.15, 0.2) is 5.16 Å². The maximum Gasteiger partial charge on any atom is 0.234 e. The van der Waals surface area contributed by atoms with Crippen LogP contribution in [0, 0.1) is 0 Å². The second-order valence-electron chi connectivity index (χ2n) is 5.73. The van der Waals surface area contributed by atoms with Crippen LogP contribution in [-0.2, 0) is 4.79 Å². The van der Waals surface area contributed by atoms with Crippen molar-refractivity contribution >= 4 is 23.4 Å². The molecule has 0 unspecified atom stereocenters. The molecule has 2 aromatic rings. The third kappa shape index (κ3) is 4.34. The Kier molecular flexibility index (Phi) is 5.60. The maximum absolute atomic E-state index is 12.1. The van der Waals surface area contributed by atoms with Gasteiger partial charge in [-0.05, 0) is 37.5 Å². The number of rotatable bonds is 6. The first-order valence-electron chi connectivity index (χ1n) is 7.39. The van der Waals surface area contributed by atoms with E-state index < -0.39 is 0 Å². The fraction of sp³-hybridized carbons (Fsp3) is 0.438. The molecule has 118 valence electrons. The monoisotopic (exact) mass is 318 g/mol. The number of benzene rings is 1. The molecule has 0 atom stereocenters. The highest BCUT2D eigenvalue weighted by molar-refractivity contribution is 7.99. The van der Waals surface area contributed by atoms with Crippen LogP contribution in [0.2, 0.25) is 0 Å². The fourth-order valence-electron chi connectivity index (χ4n) is 1.99. The number of carbonyl (C=O) groups is 1. The summed E-state index contributed by atoms with van der Waals surface area (Å²) in [6, 6.07) is 8.24. The summed E-state index contributed by atoms with van der Waals surface area (Å²) >= 11 is 1.40. The molecule has 2 rings (SSSR count). The smallest absolute Gasteiger partial charge is 0.234 e. The molecule has 0 fully saturated rings. The van der Waals surface area contributed by atoms with Crippen LogP contribution in [0.3, 0.4) is 0 Å². The summed E-state index contributed by atoms with van der Waals surface area (Å²) in [6.45, 7) is 8.39. The van der Waals surface area contributed by atoms with E-state index >= 15 is 0 Å². The largest absolute Gasteiger partial charge is 0.325 e. The van der Waals surface area contributed by atoms with Gasteiger partial charge in [-0.2, -0.15) is 0 Å². The van der Waals surface area contributed by atoms with Crippen molar-refractivity contribution in [3.05, 3.63) is 36.2 Å². The average Bonchev–Trinajstić information content (AvgIpc) is 2.94. The van der Waals surface area contributed by atoms with E-state index in [9.17, 15) is 4.79 Å². The average molecular weight is 318 g/mol. The van der Waals surface area contributed by atoms with E-state index in [-0.39, 0.29) is 11.9 Å².